The highest BCUT2D eigenvalue weighted by Crippen LogP contribution is 2.22. The smallest absolute Gasteiger partial charge is 0.0276 e. The lowest BCUT2D eigenvalue weighted by molar-refractivity contribution is 0.107. The van der Waals surface area contributed by atoms with Crippen LogP contribution in [0.4, 0.5) is 0 Å². The van der Waals surface area contributed by atoms with Gasteiger partial charge in [-0.25, -0.2) is 0 Å². The highest BCUT2D eigenvalue weighted by Gasteiger charge is 2.25. The van der Waals surface area contributed by atoms with E-state index in [1.807, 2.05) is 0 Å². The summed E-state index contributed by atoms with van der Waals surface area (Å²) < 4.78 is 1.20. The normalized spacial score (nSPS) is 17.8. The molecule has 0 saturated carbocycles. The van der Waals surface area contributed by atoms with Crippen LogP contribution in [0, 0.1) is 12.8 Å². The molecule has 82 valence electrons. The molecular weight excluding hydrogens is 273 g/mol. The molecule has 0 radical (unpaired) electrons. The van der Waals surface area contributed by atoms with Gasteiger partial charge in [0.1, 0.15) is 0 Å². The quantitative estimate of drug-likeness (QED) is 0.770. The number of alkyl halides is 1. The molecule has 1 aromatic carbocycles. The molecule has 0 spiro atoms. The van der Waals surface area contributed by atoms with Crippen LogP contribution in [0.3, 0.4) is 0 Å². The van der Waals surface area contributed by atoms with Gasteiger partial charge in [0.25, 0.3) is 0 Å². The first kappa shape index (κ1) is 11.4. The fourth-order valence-electron chi connectivity index (χ4n) is 1.90. The summed E-state index contributed by atoms with van der Waals surface area (Å²) >= 11 is 9.35. The standard InChI is InChI=1S/C12H15BrClN/c1-9-2-3-10(4-12(9)13)6-15-7-11(5-14)8-15/h2-4,11H,5-8H2,1H3. The van der Waals surface area contributed by atoms with Crippen LogP contribution in [0.1, 0.15) is 11.1 Å². The van der Waals surface area contributed by atoms with E-state index >= 15 is 0 Å². The van der Waals surface area contributed by atoms with Gasteiger partial charge in [-0.3, -0.25) is 4.90 Å². The van der Waals surface area contributed by atoms with Gasteiger partial charge in [0.05, 0.1) is 0 Å². The van der Waals surface area contributed by atoms with Crippen LogP contribution in [0.5, 0.6) is 0 Å². The molecular formula is C12H15BrClN. The SMILES string of the molecule is Cc1ccc(CN2CC(CCl)C2)cc1Br. The van der Waals surface area contributed by atoms with E-state index in [0.717, 1.165) is 25.5 Å². The fourth-order valence-corrected chi connectivity index (χ4v) is 2.52. The lowest BCUT2D eigenvalue weighted by Crippen LogP contribution is -2.46. The van der Waals surface area contributed by atoms with Gasteiger partial charge in [-0.15, -0.1) is 11.6 Å². The maximum absolute atomic E-state index is 5.78. The van der Waals surface area contributed by atoms with Gasteiger partial charge >= 0.3 is 0 Å². The van der Waals surface area contributed by atoms with Crippen LogP contribution in [0.2, 0.25) is 0 Å². The average Bonchev–Trinajstić information content (AvgIpc) is 2.16. The van der Waals surface area contributed by atoms with Gasteiger partial charge in [-0.2, -0.15) is 0 Å². The molecule has 3 heteroatoms. The van der Waals surface area contributed by atoms with E-state index in [-0.39, 0.29) is 0 Å². The van der Waals surface area contributed by atoms with Gasteiger partial charge < -0.3 is 0 Å². The van der Waals surface area contributed by atoms with Crippen molar-refractivity contribution >= 4 is 27.5 Å². The summed E-state index contributed by atoms with van der Waals surface area (Å²) in [5.41, 5.74) is 2.67. The number of nitrogens with zero attached hydrogens (tertiary/aromatic N) is 1. The number of halogens is 2. The minimum Gasteiger partial charge on any atom is -0.298 e. The second-order valence-corrected chi connectivity index (χ2v) is 5.46. The number of benzene rings is 1. The van der Waals surface area contributed by atoms with Crippen molar-refractivity contribution in [1.29, 1.82) is 0 Å². The minimum atomic E-state index is 0.709. The molecule has 15 heavy (non-hydrogen) atoms. The third-order valence-electron chi connectivity index (χ3n) is 2.89. The van der Waals surface area contributed by atoms with Crippen molar-refractivity contribution in [3.05, 3.63) is 33.8 Å². The lowest BCUT2D eigenvalue weighted by atomic mass is 10.0. The average molecular weight is 289 g/mol. The van der Waals surface area contributed by atoms with Crippen LogP contribution in [-0.4, -0.2) is 23.9 Å². The molecule has 0 aromatic heterocycles. The third-order valence-corrected chi connectivity index (χ3v) is 4.18. The predicted molar refractivity (Wildman–Crippen MR) is 68.4 cm³/mol. The topological polar surface area (TPSA) is 3.24 Å². The van der Waals surface area contributed by atoms with Gasteiger partial charge in [0.15, 0.2) is 0 Å². The van der Waals surface area contributed by atoms with E-state index in [9.17, 15) is 0 Å². The third kappa shape index (κ3) is 2.74. The monoisotopic (exact) mass is 287 g/mol. The van der Waals surface area contributed by atoms with Gasteiger partial charge in [0.2, 0.25) is 0 Å². The Morgan fingerprint density at radius 2 is 2.20 bits per heavy atom. The Balaban J connectivity index is 1.92. The zero-order valence-corrected chi connectivity index (χ0v) is 11.2. The van der Waals surface area contributed by atoms with E-state index in [1.165, 1.54) is 15.6 Å². The van der Waals surface area contributed by atoms with E-state index in [4.69, 9.17) is 11.6 Å². The first-order valence-electron chi connectivity index (χ1n) is 5.22. The van der Waals surface area contributed by atoms with Crippen LogP contribution < -0.4 is 0 Å². The van der Waals surface area contributed by atoms with Gasteiger partial charge in [-0.1, -0.05) is 28.1 Å². The molecule has 1 nitrogen and oxygen atoms in total. The maximum atomic E-state index is 5.78. The van der Waals surface area contributed by atoms with E-state index < -0.39 is 0 Å². The zero-order chi connectivity index (χ0) is 10.8. The van der Waals surface area contributed by atoms with E-state index in [0.29, 0.717) is 5.92 Å². The molecule has 1 aliphatic rings. The van der Waals surface area contributed by atoms with Crippen molar-refractivity contribution in [2.75, 3.05) is 19.0 Å². The van der Waals surface area contributed by atoms with Crippen molar-refractivity contribution in [3.63, 3.8) is 0 Å². The molecule has 1 aliphatic heterocycles. The summed E-state index contributed by atoms with van der Waals surface area (Å²) in [5.74, 6) is 1.51. The lowest BCUT2D eigenvalue weighted by Gasteiger charge is -2.38. The summed E-state index contributed by atoms with van der Waals surface area (Å²) in [6.07, 6.45) is 0. The molecule has 1 heterocycles. The molecule has 0 N–H and O–H groups in total. The molecule has 0 atom stereocenters. The summed E-state index contributed by atoms with van der Waals surface area (Å²) in [5, 5.41) is 0. The highest BCUT2D eigenvalue weighted by atomic mass is 79.9. The van der Waals surface area contributed by atoms with Crippen molar-refractivity contribution < 1.29 is 0 Å². The van der Waals surface area contributed by atoms with Crippen LogP contribution in [-0.2, 0) is 6.54 Å². The van der Waals surface area contributed by atoms with Crippen molar-refractivity contribution in [3.8, 4) is 0 Å². The number of hydrogen-bond acceptors (Lipinski definition) is 1. The minimum absolute atomic E-state index is 0.709. The Hall–Kier alpha value is -0.0500. The molecule has 2 rings (SSSR count). The summed E-state index contributed by atoms with van der Waals surface area (Å²) in [6, 6.07) is 6.58. The van der Waals surface area contributed by atoms with Gasteiger partial charge in [0, 0.05) is 30.0 Å². The van der Waals surface area contributed by atoms with Crippen LogP contribution in [0.25, 0.3) is 0 Å². The number of hydrogen-bond donors (Lipinski definition) is 0. The Bertz CT molecular complexity index is 347. The zero-order valence-electron chi connectivity index (χ0n) is 8.84. The second-order valence-electron chi connectivity index (χ2n) is 4.30. The maximum Gasteiger partial charge on any atom is 0.0276 e. The Morgan fingerprint density at radius 1 is 1.47 bits per heavy atom. The molecule has 0 aliphatic carbocycles. The van der Waals surface area contributed by atoms with E-state index in [2.05, 4.69) is 46.0 Å². The van der Waals surface area contributed by atoms with Crippen molar-refractivity contribution in [1.82, 2.24) is 4.90 Å². The molecule has 0 amide bonds. The first-order chi connectivity index (χ1) is 7.19. The van der Waals surface area contributed by atoms with E-state index in [1.54, 1.807) is 0 Å². The number of likely N-dealkylation sites (tertiary alicyclic amines) is 1. The van der Waals surface area contributed by atoms with Crippen molar-refractivity contribution in [2.45, 2.75) is 13.5 Å². The fraction of sp³-hybridized carbons (Fsp3) is 0.500. The van der Waals surface area contributed by atoms with Crippen LogP contribution in [0.15, 0.2) is 22.7 Å². The second kappa shape index (κ2) is 4.86. The summed E-state index contributed by atoms with van der Waals surface area (Å²) in [7, 11) is 0. The largest absolute Gasteiger partial charge is 0.298 e. The summed E-state index contributed by atoms with van der Waals surface area (Å²) in [4.78, 5) is 2.43. The molecule has 1 fully saturated rings. The molecule has 1 aromatic rings. The highest BCUT2D eigenvalue weighted by molar-refractivity contribution is 9.10. The summed E-state index contributed by atoms with van der Waals surface area (Å²) in [6.45, 7) is 5.46. The number of rotatable bonds is 3. The van der Waals surface area contributed by atoms with Gasteiger partial charge in [-0.05, 0) is 30.0 Å². The Labute approximate surface area is 105 Å². The predicted octanol–water partition coefficient (Wildman–Crippen LogP) is 3.43. The Kier molecular flexibility index (Phi) is 3.70. The molecule has 0 bridgehead atoms. The number of aryl methyl sites for hydroxylation is 1. The van der Waals surface area contributed by atoms with Crippen LogP contribution >= 0.6 is 27.5 Å². The molecule has 1 saturated heterocycles. The molecule has 0 unspecified atom stereocenters. The van der Waals surface area contributed by atoms with Crippen molar-refractivity contribution in [2.24, 2.45) is 5.92 Å². The Morgan fingerprint density at radius 3 is 2.80 bits per heavy atom. The first-order valence-corrected chi connectivity index (χ1v) is 6.55.